The zero-order chi connectivity index (χ0) is 19.4. The molecule has 0 aromatic heterocycles. The summed E-state index contributed by atoms with van der Waals surface area (Å²) < 4.78 is 13.3. The summed E-state index contributed by atoms with van der Waals surface area (Å²) in [5, 5.41) is -0.0227. The molecule has 140 valence electrons. The molecule has 0 aliphatic rings. The van der Waals surface area contributed by atoms with Crippen molar-refractivity contribution in [2.75, 3.05) is 6.26 Å². The topological polar surface area (TPSA) is 43.1 Å². The van der Waals surface area contributed by atoms with Gasteiger partial charge in [-0.3, -0.25) is 0 Å². The minimum Gasteiger partial charge on any atom is -0.320 e. The van der Waals surface area contributed by atoms with Gasteiger partial charge in [0.05, 0.1) is 21.6 Å². The molecule has 0 unspecified atom stereocenters. The van der Waals surface area contributed by atoms with E-state index < -0.39 is 16.3 Å². The van der Waals surface area contributed by atoms with Crippen molar-refractivity contribution in [1.29, 1.82) is 0 Å². The summed E-state index contributed by atoms with van der Waals surface area (Å²) in [5.41, 5.74) is 9.50. The second-order valence-corrected chi connectivity index (χ2v) is 9.28. The van der Waals surface area contributed by atoms with Gasteiger partial charge in [0.2, 0.25) is 0 Å². The molecule has 0 bridgehead atoms. The second-order valence-electron chi connectivity index (χ2n) is 6.88. The monoisotopic (exact) mass is 395 g/mol. The first-order chi connectivity index (χ1) is 12.9. The molecule has 0 saturated heterocycles. The van der Waals surface area contributed by atoms with E-state index in [1.807, 2.05) is 67.6 Å². The fourth-order valence-corrected chi connectivity index (χ4v) is 5.70. The molecule has 4 heteroatoms. The lowest BCUT2D eigenvalue weighted by molar-refractivity contribution is 0.477. The first-order valence-electron chi connectivity index (χ1n) is 8.89. The van der Waals surface area contributed by atoms with Crippen molar-refractivity contribution in [2.24, 2.45) is 5.73 Å². The molecule has 3 rings (SSSR count). The van der Waals surface area contributed by atoms with Crippen molar-refractivity contribution in [3.63, 3.8) is 0 Å². The van der Waals surface area contributed by atoms with Crippen LogP contribution in [0.15, 0.2) is 88.7 Å². The Kier molecular flexibility index (Phi) is 6.20. The van der Waals surface area contributed by atoms with Crippen LogP contribution < -0.4 is 5.73 Å². The minimum atomic E-state index is -1.25. The van der Waals surface area contributed by atoms with Crippen molar-refractivity contribution in [3.8, 4) is 0 Å². The summed E-state index contributed by atoms with van der Waals surface area (Å²) >= 11 is 1.69. The van der Waals surface area contributed by atoms with Gasteiger partial charge in [-0.05, 0) is 49.4 Å². The average Bonchev–Trinajstić information content (AvgIpc) is 2.69. The van der Waals surface area contributed by atoms with E-state index in [4.69, 9.17) is 5.73 Å². The molecule has 3 aromatic rings. The van der Waals surface area contributed by atoms with E-state index >= 15 is 0 Å². The van der Waals surface area contributed by atoms with Crippen LogP contribution in [0.25, 0.3) is 0 Å². The molecule has 27 heavy (non-hydrogen) atoms. The van der Waals surface area contributed by atoms with E-state index in [1.165, 1.54) is 0 Å². The van der Waals surface area contributed by atoms with Crippen molar-refractivity contribution in [2.45, 2.75) is 34.4 Å². The van der Waals surface area contributed by atoms with E-state index in [1.54, 1.807) is 11.8 Å². The van der Waals surface area contributed by atoms with Crippen LogP contribution in [0.3, 0.4) is 0 Å². The third kappa shape index (κ3) is 4.18. The van der Waals surface area contributed by atoms with E-state index in [0.29, 0.717) is 0 Å². The molecule has 0 aliphatic heterocycles. The van der Waals surface area contributed by atoms with Crippen LogP contribution in [0.5, 0.6) is 0 Å². The summed E-state index contributed by atoms with van der Waals surface area (Å²) in [4.78, 5) is 1.64. The zero-order valence-corrected chi connectivity index (χ0v) is 17.5. The van der Waals surface area contributed by atoms with Gasteiger partial charge in [-0.1, -0.05) is 66.2 Å². The highest BCUT2D eigenvalue weighted by atomic mass is 32.2. The minimum absolute atomic E-state index is 0.0227. The van der Waals surface area contributed by atoms with E-state index in [9.17, 15) is 4.21 Å². The van der Waals surface area contributed by atoms with Gasteiger partial charge in [0.1, 0.15) is 0 Å². The Balaban J connectivity index is 2.06. The second kappa shape index (κ2) is 8.42. The molecule has 3 aromatic carbocycles. The van der Waals surface area contributed by atoms with Gasteiger partial charge in [-0.2, -0.15) is 11.8 Å². The number of rotatable bonds is 6. The molecular weight excluding hydrogens is 370 g/mol. The summed E-state index contributed by atoms with van der Waals surface area (Å²) in [6.07, 6.45) is 2.06. The summed E-state index contributed by atoms with van der Waals surface area (Å²) in [6, 6.07) is 25.9. The maximum atomic E-state index is 13.3. The molecule has 0 amide bonds. The van der Waals surface area contributed by atoms with Gasteiger partial charge < -0.3 is 5.73 Å². The van der Waals surface area contributed by atoms with Crippen LogP contribution in [-0.4, -0.2) is 10.5 Å². The number of nitrogens with two attached hydrogens (primary N) is 1. The highest BCUT2D eigenvalue weighted by Crippen LogP contribution is 2.44. The number of hydrogen-bond acceptors (Lipinski definition) is 3. The third-order valence-electron chi connectivity index (χ3n) is 4.81. The normalized spacial score (nSPS) is 15.7. The summed E-state index contributed by atoms with van der Waals surface area (Å²) in [5.74, 6) is 0. The summed E-state index contributed by atoms with van der Waals surface area (Å²) in [6.45, 7) is 4.08. The molecule has 0 heterocycles. The lowest BCUT2D eigenvalue weighted by Crippen LogP contribution is -2.38. The van der Waals surface area contributed by atoms with Crippen LogP contribution in [-0.2, 0) is 16.3 Å². The van der Waals surface area contributed by atoms with Crippen molar-refractivity contribution in [3.05, 3.63) is 95.6 Å². The lowest BCUT2D eigenvalue weighted by atomic mass is 9.86. The van der Waals surface area contributed by atoms with Crippen molar-refractivity contribution in [1.82, 2.24) is 0 Å². The predicted octanol–water partition coefficient (Wildman–Crippen LogP) is 5.44. The molecule has 0 radical (unpaired) electrons. The number of thioether (sulfide) groups is 1. The van der Waals surface area contributed by atoms with Gasteiger partial charge in [0.15, 0.2) is 0 Å². The molecule has 0 spiro atoms. The Labute approximate surface area is 168 Å². The maximum Gasteiger partial charge on any atom is 0.0852 e. The van der Waals surface area contributed by atoms with Crippen molar-refractivity contribution >= 4 is 22.6 Å². The molecule has 0 aliphatic carbocycles. The van der Waals surface area contributed by atoms with Crippen molar-refractivity contribution < 1.29 is 4.21 Å². The standard InChI is InChI=1S/C23H25NOS2/c1-17-13-15-19(16-14-17)27(25)21-12-8-7-11-20(21)22(26-3)23(2,24)18-9-5-4-6-10-18/h4-16,22H,24H2,1-3H3/t22-,23-,27+/m1/s1. The summed E-state index contributed by atoms with van der Waals surface area (Å²) in [7, 11) is -1.25. The Bertz CT molecular complexity index is 921. The van der Waals surface area contributed by atoms with Gasteiger partial charge in [-0.15, -0.1) is 0 Å². The molecular formula is C23H25NOS2. The largest absolute Gasteiger partial charge is 0.320 e. The lowest BCUT2D eigenvalue weighted by Gasteiger charge is -2.35. The number of hydrogen-bond donors (Lipinski definition) is 1. The number of aryl methyl sites for hydroxylation is 1. The van der Waals surface area contributed by atoms with Gasteiger partial charge in [0.25, 0.3) is 0 Å². The van der Waals surface area contributed by atoms with E-state index in [-0.39, 0.29) is 5.25 Å². The van der Waals surface area contributed by atoms with Gasteiger partial charge in [-0.25, -0.2) is 4.21 Å². The van der Waals surface area contributed by atoms with E-state index in [2.05, 4.69) is 31.4 Å². The fraction of sp³-hybridized carbons (Fsp3) is 0.217. The molecule has 2 nitrogen and oxygen atoms in total. The fourth-order valence-electron chi connectivity index (χ4n) is 3.30. The first-order valence-corrected chi connectivity index (χ1v) is 11.3. The van der Waals surface area contributed by atoms with Gasteiger partial charge >= 0.3 is 0 Å². The van der Waals surface area contributed by atoms with Crippen LogP contribution in [0.1, 0.15) is 28.9 Å². The molecule has 2 N–H and O–H groups in total. The van der Waals surface area contributed by atoms with Crippen LogP contribution in [0.2, 0.25) is 0 Å². The Morgan fingerprint density at radius 1 is 0.926 bits per heavy atom. The van der Waals surface area contributed by atoms with Crippen LogP contribution in [0.4, 0.5) is 0 Å². The first kappa shape index (κ1) is 19.9. The van der Waals surface area contributed by atoms with Gasteiger partial charge in [0, 0.05) is 9.79 Å². The molecule has 0 saturated carbocycles. The quantitative estimate of drug-likeness (QED) is 0.604. The highest BCUT2D eigenvalue weighted by molar-refractivity contribution is 7.99. The smallest absolute Gasteiger partial charge is 0.0852 e. The maximum absolute atomic E-state index is 13.3. The predicted molar refractivity (Wildman–Crippen MR) is 117 cm³/mol. The highest BCUT2D eigenvalue weighted by Gasteiger charge is 2.34. The third-order valence-corrected chi connectivity index (χ3v) is 7.50. The van der Waals surface area contributed by atoms with E-state index in [0.717, 1.165) is 26.5 Å². The van der Waals surface area contributed by atoms with Crippen LogP contribution in [0, 0.1) is 6.92 Å². The molecule has 0 fully saturated rings. The zero-order valence-electron chi connectivity index (χ0n) is 15.9. The average molecular weight is 396 g/mol. The van der Waals surface area contributed by atoms with Crippen LogP contribution >= 0.6 is 11.8 Å². The Hall–Kier alpha value is -1.88. The Morgan fingerprint density at radius 2 is 1.52 bits per heavy atom. The Morgan fingerprint density at radius 3 is 2.15 bits per heavy atom. The number of benzene rings is 3. The SMILES string of the molecule is CS[C@H](c1ccccc1[S@@](=O)c1ccc(C)cc1)[C@](C)(N)c1ccccc1. The molecule has 3 atom stereocenters.